The minimum Gasteiger partial charge on any atom is -0.381 e. The normalized spacial score (nSPS) is 21.5. The number of hydrogen-bond acceptors (Lipinski definition) is 6. The molecule has 1 fully saturated rings. The van der Waals surface area contributed by atoms with Gasteiger partial charge in [0, 0.05) is 13.2 Å². The lowest BCUT2D eigenvalue weighted by molar-refractivity contribution is 0.0598. The smallest absolute Gasteiger partial charge is 0.271 e. The van der Waals surface area contributed by atoms with E-state index in [0.717, 1.165) is 25.7 Å². The van der Waals surface area contributed by atoms with E-state index in [0.29, 0.717) is 23.1 Å². The minimum absolute atomic E-state index is 0.167. The van der Waals surface area contributed by atoms with Crippen LogP contribution in [0.3, 0.4) is 0 Å². The van der Waals surface area contributed by atoms with Gasteiger partial charge >= 0.3 is 0 Å². The SMILES string of the molecule is COC1CCC(NC(=O)c2cncc(-c3cnoc3)n2)CC1. The Hall–Kier alpha value is -2.28. The summed E-state index contributed by atoms with van der Waals surface area (Å²) in [6, 6.07) is 0.167. The summed E-state index contributed by atoms with van der Waals surface area (Å²) >= 11 is 0. The van der Waals surface area contributed by atoms with Crippen molar-refractivity contribution in [2.45, 2.75) is 37.8 Å². The van der Waals surface area contributed by atoms with Gasteiger partial charge in [-0.15, -0.1) is 0 Å². The van der Waals surface area contributed by atoms with E-state index in [1.54, 1.807) is 13.3 Å². The Morgan fingerprint density at radius 3 is 2.77 bits per heavy atom. The van der Waals surface area contributed by atoms with Gasteiger partial charge in [0.15, 0.2) is 0 Å². The summed E-state index contributed by atoms with van der Waals surface area (Å²) in [5, 5.41) is 6.64. The first-order chi connectivity index (χ1) is 10.8. The van der Waals surface area contributed by atoms with Crippen LogP contribution < -0.4 is 5.32 Å². The van der Waals surface area contributed by atoms with E-state index < -0.39 is 0 Å². The second-order valence-corrected chi connectivity index (χ2v) is 5.39. The number of amides is 1. The molecule has 1 amide bonds. The lowest BCUT2D eigenvalue weighted by Gasteiger charge is -2.28. The number of aromatic nitrogens is 3. The Bertz CT molecular complexity index is 621. The molecule has 0 saturated heterocycles. The Morgan fingerprint density at radius 1 is 1.27 bits per heavy atom. The first kappa shape index (κ1) is 14.6. The summed E-state index contributed by atoms with van der Waals surface area (Å²) in [4.78, 5) is 20.7. The van der Waals surface area contributed by atoms with E-state index in [9.17, 15) is 4.79 Å². The highest BCUT2D eigenvalue weighted by Crippen LogP contribution is 2.21. The van der Waals surface area contributed by atoms with Gasteiger partial charge in [-0.3, -0.25) is 9.78 Å². The van der Waals surface area contributed by atoms with Gasteiger partial charge in [0.1, 0.15) is 12.0 Å². The van der Waals surface area contributed by atoms with Gasteiger partial charge in [-0.1, -0.05) is 5.16 Å². The fourth-order valence-corrected chi connectivity index (χ4v) is 2.65. The van der Waals surface area contributed by atoms with Crippen molar-refractivity contribution in [1.82, 2.24) is 20.4 Å². The van der Waals surface area contributed by atoms with Gasteiger partial charge in [-0.05, 0) is 25.7 Å². The molecule has 0 bridgehead atoms. The van der Waals surface area contributed by atoms with E-state index in [2.05, 4.69) is 20.4 Å². The number of carbonyl (C=O) groups excluding carboxylic acids is 1. The van der Waals surface area contributed by atoms with Gasteiger partial charge in [0.2, 0.25) is 0 Å². The molecular weight excluding hydrogens is 284 g/mol. The summed E-state index contributed by atoms with van der Waals surface area (Å²) in [5.74, 6) is -0.202. The first-order valence-corrected chi connectivity index (χ1v) is 7.31. The Kier molecular flexibility index (Phi) is 4.43. The molecule has 1 aliphatic rings. The van der Waals surface area contributed by atoms with Crippen molar-refractivity contribution in [3.8, 4) is 11.3 Å². The molecule has 0 unspecified atom stereocenters. The van der Waals surface area contributed by atoms with Crippen LogP contribution in [0.4, 0.5) is 0 Å². The van der Waals surface area contributed by atoms with Gasteiger partial charge in [0.05, 0.1) is 36.0 Å². The van der Waals surface area contributed by atoms with Crippen molar-refractivity contribution < 1.29 is 14.1 Å². The van der Waals surface area contributed by atoms with E-state index in [-0.39, 0.29) is 11.9 Å². The zero-order chi connectivity index (χ0) is 15.4. The fraction of sp³-hybridized carbons (Fsp3) is 0.467. The molecule has 0 aromatic carbocycles. The van der Waals surface area contributed by atoms with Crippen LogP contribution >= 0.6 is 0 Å². The third-order valence-corrected chi connectivity index (χ3v) is 3.94. The van der Waals surface area contributed by atoms with Gasteiger partial charge < -0.3 is 14.6 Å². The van der Waals surface area contributed by atoms with Crippen LogP contribution in [0.25, 0.3) is 11.3 Å². The molecule has 7 nitrogen and oxygen atoms in total. The predicted molar refractivity (Wildman–Crippen MR) is 78.0 cm³/mol. The molecule has 2 aromatic rings. The molecule has 1 aliphatic carbocycles. The number of nitrogens with one attached hydrogen (secondary N) is 1. The van der Waals surface area contributed by atoms with Crippen LogP contribution in [0.2, 0.25) is 0 Å². The number of rotatable bonds is 4. The number of nitrogens with zero attached hydrogens (tertiary/aromatic N) is 3. The maximum Gasteiger partial charge on any atom is 0.271 e. The Morgan fingerprint density at radius 2 is 2.09 bits per heavy atom. The molecule has 1 N–H and O–H groups in total. The summed E-state index contributed by atoms with van der Waals surface area (Å²) in [6.45, 7) is 0. The Balaban J connectivity index is 1.64. The highest BCUT2D eigenvalue weighted by Gasteiger charge is 2.23. The molecule has 116 valence electrons. The van der Waals surface area contributed by atoms with Crippen LogP contribution in [0, 0.1) is 0 Å². The number of methoxy groups -OCH3 is 1. The topological polar surface area (TPSA) is 90.1 Å². The van der Waals surface area contributed by atoms with Gasteiger partial charge in [0.25, 0.3) is 5.91 Å². The van der Waals surface area contributed by atoms with Crippen LogP contribution in [0.1, 0.15) is 36.2 Å². The average Bonchev–Trinajstić information content (AvgIpc) is 3.10. The molecule has 2 aromatic heterocycles. The number of hydrogen-bond donors (Lipinski definition) is 1. The number of ether oxygens (including phenoxy) is 1. The molecular formula is C15H18N4O3. The van der Waals surface area contributed by atoms with Gasteiger partial charge in [-0.25, -0.2) is 4.98 Å². The highest BCUT2D eigenvalue weighted by atomic mass is 16.5. The second-order valence-electron chi connectivity index (χ2n) is 5.39. The molecule has 0 spiro atoms. The van der Waals surface area contributed by atoms with Crippen LogP contribution in [0.15, 0.2) is 29.4 Å². The molecule has 1 saturated carbocycles. The third-order valence-electron chi connectivity index (χ3n) is 3.94. The number of carbonyl (C=O) groups is 1. The summed E-state index contributed by atoms with van der Waals surface area (Å²) in [5.41, 5.74) is 1.56. The maximum atomic E-state index is 12.3. The quantitative estimate of drug-likeness (QED) is 0.926. The molecule has 0 atom stereocenters. The molecule has 0 radical (unpaired) electrons. The van der Waals surface area contributed by atoms with Gasteiger partial charge in [-0.2, -0.15) is 0 Å². The van der Waals surface area contributed by atoms with Crippen molar-refractivity contribution >= 4 is 5.91 Å². The van der Waals surface area contributed by atoms with Crippen molar-refractivity contribution in [3.63, 3.8) is 0 Å². The lowest BCUT2D eigenvalue weighted by atomic mass is 9.93. The summed E-state index contributed by atoms with van der Waals surface area (Å²) in [6.07, 6.45) is 10.1. The van der Waals surface area contributed by atoms with Crippen molar-refractivity contribution in [1.29, 1.82) is 0 Å². The molecule has 2 heterocycles. The minimum atomic E-state index is -0.202. The van der Waals surface area contributed by atoms with Crippen LogP contribution in [-0.2, 0) is 4.74 Å². The largest absolute Gasteiger partial charge is 0.381 e. The highest BCUT2D eigenvalue weighted by molar-refractivity contribution is 5.92. The lowest BCUT2D eigenvalue weighted by Crippen LogP contribution is -2.39. The zero-order valence-electron chi connectivity index (χ0n) is 12.4. The van der Waals surface area contributed by atoms with Crippen LogP contribution in [0.5, 0.6) is 0 Å². The molecule has 7 heteroatoms. The monoisotopic (exact) mass is 302 g/mol. The molecule has 0 aliphatic heterocycles. The standard InChI is InChI=1S/C15H18N4O3/c1-21-12-4-2-11(3-5-12)18-15(20)14-8-16-7-13(19-14)10-6-17-22-9-10/h6-9,11-12H,2-5H2,1H3,(H,18,20). The Labute approximate surface area is 128 Å². The molecule has 22 heavy (non-hydrogen) atoms. The van der Waals surface area contributed by atoms with Crippen molar-refractivity contribution in [3.05, 3.63) is 30.5 Å². The van der Waals surface area contributed by atoms with E-state index in [4.69, 9.17) is 9.26 Å². The maximum absolute atomic E-state index is 12.3. The summed E-state index contributed by atoms with van der Waals surface area (Å²) < 4.78 is 10.1. The van der Waals surface area contributed by atoms with E-state index in [1.807, 2.05) is 0 Å². The zero-order valence-corrected chi connectivity index (χ0v) is 12.4. The van der Waals surface area contributed by atoms with E-state index in [1.165, 1.54) is 18.7 Å². The van der Waals surface area contributed by atoms with Crippen molar-refractivity contribution in [2.24, 2.45) is 0 Å². The average molecular weight is 302 g/mol. The fourth-order valence-electron chi connectivity index (χ4n) is 2.65. The first-order valence-electron chi connectivity index (χ1n) is 7.31. The van der Waals surface area contributed by atoms with E-state index >= 15 is 0 Å². The second kappa shape index (κ2) is 6.65. The third kappa shape index (κ3) is 3.30. The summed E-state index contributed by atoms with van der Waals surface area (Å²) in [7, 11) is 1.73. The van der Waals surface area contributed by atoms with Crippen LogP contribution in [-0.4, -0.2) is 40.3 Å². The molecule has 3 rings (SSSR count). The predicted octanol–water partition coefficient (Wildman–Crippen LogP) is 1.82. The van der Waals surface area contributed by atoms with Crippen molar-refractivity contribution in [2.75, 3.05) is 7.11 Å².